The van der Waals surface area contributed by atoms with Crippen LogP contribution in [0, 0.1) is 0 Å². The molecule has 0 aliphatic carbocycles. The standard InChI is InChI=1S/C24H31N5O5/c1-33-20-6-3-2-5-18(20)29-13-12-28(22(31)15-29)11-4-14-34-19-9-8-17(26-24(25)32)23-16(19)7-10-21(30)27-23/h2-3,5-6,8-9,22,31H,4,7,10-15H2,1H3,(H,27,30)(H3,25,26,32). The third-order valence-electron chi connectivity index (χ3n) is 6.13. The number of carbonyl (C=O) groups is 2. The Balaban J connectivity index is 1.31. The van der Waals surface area contributed by atoms with E-state index in [1.54, 1.807) is 19.2 Å². The van der Waals surface area contributed by atoms with Gasteiger partial charge in [0.25, 0.3) is 0 Å². The number of carbonyl (C=O) groups excluding carboxylic acids is 2. The molecule has 0 bridgehead atoms. The highest BCUT2D eigenvalue weighted by atomic mass is 16.5. The molecule has 2 aliphatic heterocycles. The summed E-state index contributed by atoms with van der Waals surface area (Å²) in [5.41, 5.74) is 8.06. The number of β-amino-alcohol motifs (C(OH)–C–C–N with tert-alkyl or cyclic N) is 1. The lowest BCUT2D eigenvalue weighted by molar-refractivity contribution is -0.116. The first-order valence-corrected chi connectivity index (χ1v) is 11.4. The first-order chi connectivity index (χ1) is 16.5. The van der Waals surface area contributed by atoms with Crippen LogP contribution in [0.1, 0.15) is 18.4 Å². The number of hydrogen-bond acceptors (Lipinski definition) is 7. The predicted molar refractivity (Wildman–Crippen MR) is 129 cm³/mol. The van der Waals surface area contributed by atoms with Crippen LogP contribution in [-0.2, 0) is 11.2 Å². The normalized spacial score (nSPS) is 18.1. The van der Waals surface area contributed by atoms with Crippen LogP contribution < -0.4 is 30.7 Å². The minimum atomic E-state index is -0.694. The van der Waals surface area contributed by atoms with Crippen LogP contribution in [0.2, 0.25) is 0 Å². The van der Waals surface area contributed by atoms with Gasteiger partial charge in [0.1, 0.15) is 17.7 Å². The van der Waals surface area contributed by atoms with Gasteiger partial charge < -0.3 is 35.8 Å². The van der Waals surface area contributed by atoms with E-state index in [1.165, 1.54) is 0 Å². The summed E-state index contributed by atoms with van der Waals surface area (Å²) in [6.45, 7) is 3.18. The highest BCUT2D eigenvalue weighted by Crippen LogP contribution is 2.37. The molecule has 182 valence electrons. The maximum atomic E-state index is 11.9. The molecule has 0 radical (unpaired) electrons. The van der Waals surface area contributed by atoms with Crippen molar-refractivity contribution >= 4 is 29.0 Å². The lowest BCUT2D eigenvalue weighted by atomic mass is 10.0. The van der Waals surface area contributed by atoms with Crippen molar-refractivity contribution in [1.82, 2.24) is 4.90 Å². The number of anilines is 3. The van der Waals surface area contributed by atoms with E-state index >= 15 is 0 Å². The molecular weight excluding hydrogens is 438 g/mol. The van der Waals surface area contributed by atoms with Gasteiger partial charge in [-0.2, -0.15) is 0 Å². The number of hydrogen-bond donors (Lipinski definition) is 4. The van der Waals surface area contributed by atoms with E-state index in [2.05, 4.69) is 15.5 Å². The molecule has 1 fully saturated rings. The Hall–Kier alpha value is -3.50. The van der Waals surface area contributed by atoms with E-state index < -0.39 is 12.3 Å². The third-order valence-corrected chi connectivity index (χ3v) is 6.13. The number of ether oxygens (including phenoxy) is 2. The van der Waals surface area contributed by atoms with E-state index in [0.29, 0.717) is 49.7 Å². The maximum absolute atomic E-state index is 11.9. The van der Waals surface area contributed by atoms with Gasteiger partial charge in [0.2, 0.25) is 5.91 Å². The van der Waals surface area contributed by atoms with Gasteiger partial charge in [0, 0.05) is 31.6 Å². The smallest absolute Gasteiger partial charge is 0.316 e. The van der Waals surface area contributed by atoms with Crippen LogP contribution in [0.25, 0.3) is 0 Å². The molecule has 2 aromatic rings. The molecule has 4 rings (SSSR count). The summed E-state index contributed by atoms with van der Waals surface area (Å²) in [4.78, 5) is 27.3. The van der Waals surface area contributed by atoms with Crippen LogP contribution in [0.5, 0.6) is 11.5 Å². The molecule has 0 saturated carbocycles. The number of methoxy groups -OCH3 is 1. The molecule has 3 amide bonds. The SMILES string of the molecule is COc1ccccc1N1CCN(CCCOc2ccc(NC(N)=O)c3c2CCC(=O)N3)C(O)C1. The largest absolute Gasteiger partial charge is 0.495 e. The number of aliphatic hydroxyl groups excluding tert-OH is 1. The van der Waals surface area contributed by atoms with E-state index in [1.807, 2.05) is 29.2 Å². The number of nitrogens with one attached hydrogen (secondary N) is 2. The predicted octanol–water partition coefficient (Wildman–Crippen LogP) is 1.98. The van der Waals surface area contributed by atoms with Gasteiger partial charge in [0.15, 0.2) is 0 Å². The molecule has 0 spiro atoms. The lowest BCUT2D eigenvalue weighted by Crippen LogP contribution is -2.53. The number of rotatable bonds is 8. The van der Waals surface area contributed by atoms with Crippen molar-refractivity contribution in [2.45, 2.75) is 25.5 Å². The lowest BCUT2D eigenvalue weighted by Gasteiger charge is -2.40. The number of benzene rings is 2. The van der Waals surface area contributed by atoms with E-state index in [0.717, 1.165) is 36.5 Å². The van der Waals surface area contributed by atoms with Crippen LogP contribution in [0.15, 0.2) is 36.4 Å². The Morgan fingerprint density at radius 1 is 1.21 bits per heavy atom. The zero-order chi connectivity index (χ0) is 24.1. The van der Waals surface area contributed by atoms with Crippen molar-refractivity contribution in [2.24, 2.45) is 5.73 Å². The average molecular weight is 470 g/mol. The van der Waals surface area contributed by atoms with Crippen LogP contribution in [0.3, 0.4) is 0 Å². The summed E-state index contributed by atoms with van der Waals surface area (Å²) in [6.07, 6.45) is 1.02. The van der Waals surface area contributed by atoms with Gasteiger partial charge in [-0.05, 0) is 37.1 Å². The Morgan fingerprint density at radius 2 is 2.03 bits per heavy atom. The molecule has 0 aromatic heterocycles. The summed E-state index contributed by atoms with van der Waals surface area (Å²) in [7, 11) is 1.65. The van der Waals surface area contributed by atoms with Crippen molar-refractivity contribution in [3.05, 3.63) is 42.0 Å². The first-order valence-electron chi connectivity index (χ1n) is 11.4. The number of piperazine rings is 1. The second-order valence-electron chi connectivity index (χ2n) is 8.34. The minimum Gasteiger partial charge on any atom is -0.495 e. The molecule has 5 N–H and O–H groups in total. The van der Waals surface area contributed by atoms with Crippen molar-refractivity contribution in [3.63, 3.8) is 0 Å². The number of nitrogens with two attached hydrogens (primary N) is 1. The fraction of sp³-hybridized carbons (Fsp3) is 0.417. The van der Waals surface area contributed by atoms with E-state index in [9.17, 15) is 14.7 Å². The summed E-state index contributed by atoms with van der Waals surface area (Å²) in [5, 5.41) is 16.0. The Morgan fingerprint density at radius 3 is 2.79 bits per heavy atom. The van der Waals surface area contributed by atoms with Gasteiger partial charge in [-0.15, -0.1) is 0 Å². The van der Waals surface area contributed by atoms with Crippen LogP contribution >= 0.6 is 0 Å². The monoisotopic (exact) mass is 469 g/mol. The molecule has 2 aromatic carbocycles. The van der Waals surface area contributed by atoms with Gasteiger partial charge in [-0.1, -0.05) is 12.1 Å². The molecule has 2 heterocycles. The number of primary amides is 1. The highest BCUT2D eigenvalue weighted by molar-refractivity contribution is 6.02. The summed E-state index contributed by atoms with van der Waals surface area (Å²) in [5.74, 6) is 1.36. The van der Waals surface area contributed by atoms with Gasteiger partial charge in [0.05, 0.1) is 37.3 Å². The van der Waals surface area contributed by atoms with Crippen molar-refractivity contribution in [3.8, 4) is 11.5 Å². The minimum absolute atomic E-state index is 0.113. The number of urea groups is 1. The Bertz CT molecular complexity index is 1050. The molecule has 10 nitrogen and oxygen atoms in total. The van der Waals surface area contributed by atoms with Gasteiger partial charge >= 0.3 is 6.03 Å². The number of fused-ring (bicyclic) bond motifs is 1. The molecule has 34 heavy (non-hydrogen) atoms. The number of para-hydroxylation sites is 2. The molecule has 2 aliphatic rings. The molecule has 1 atom stereocenters. The average Bonchev–Trinajstić information content (AvgIpc) is 2.83. The second kappa shape index (κ2) is 10.6. The summed E-state index contributed by atoms with van der Waals surface area (Å²) >= 11 is 0. The first kappa shape index (κ1) is 23.7. The van der Waals surface area contributed by atoms with Crippen molar-refractivity contribution < 1.29 is 24.2 Å². The number of aliphatic hydroxyl groups is 1. The number of amides is 3. The molecular formula is C24H31N5O5. The third kappa shape index (κ3) is 5.35. The van der Waals surface area contributed by atoms with Gasteiger partial charge in [-0.25, -0.2) is 4.79 Å². The quantitative estimate of drug-likeness (QED) is 0.435. The van der Waals surface area contributed by atoms with E-state index in [4.69, 9.17) is 15.2 Å². The highest BCUT2D eigenvalue weighted by Gasteiger charge is 2.27. The fourth-order valence-corrected chi connectivity index (χ4v) is 4.45. The van der Waals surface area contributed by atoms with Crippen molar-refractivity contribution in [1.29, 1.82) is 0 Å². The Kier molecular flexibility index (Phi) is 7.39. The second-order valence-corrected chi connectivity index (χ2v) is 8.34. The summed E-state index contributed by atoms with van der Waals surface area (Å²) in [6, 6.07) is 10.6. The zero-order valence-corrected chi connectivity index (χ0v) is 19.3. The van der Waals surface area contributed by atoms with Crippen molar-refractivity contribution in [2.75, 3.05) is 55.4 Å². The molecule has 1 unspecified atom stereocenters. The summed E-state index contributed by atoms with van der Waals surface area (Å²) < 4.78 is 11.5. The molecule has 1 saturated heterocycles. The topological polar surface area (TPSA) is 129 Å². The molecule has 10 heteroatoms. The van der Waals surface area contributed by atoms with Gasteiger partial charge in [-0.3, -0.25) is 9.69 Å². The fourth-order valence-electron chi connectivity index (χ4n) is 4.45. The van der Waals surface area contributed by atoms with E-state index in [-0.39, 0.29) is 5.91 Å². The van der Waals surface area contributed by atoms with Crippen LogP contribution in [0.4, 0.5) is 21.9 Å². The zero-order valence-electron chi connectivity index (χ0n) is 19.3. The number of nitrogens with zero attached hydrogens (tertiary/aromatic N) is 2. The Labute approximate surface area is 198 Å². The van der Waals surface area contributed by atoms with Crippen LogP contribution in [-0.4, -0.2) is 68.1 Å². The maximum Gasteiger partial charge on any atom is 0.316 e.